The summed E-state index contributed by atoms with van der Waals surface area (Å²) in [5.74, 6) is -0.957. The van der Waals surface area contributed by atoms with Gasteiger partial charge in [-0.1, -0.05) is 0 Å². The van der Waals surface area contributed by atoms with Crippen molar-refractivity contribution in [3.63, 3.8) is 0 Å². The first-order valence-corrected chi connectivity index (χ1v) is 6.93. The first kappa shape index (κ1) is 14.0. The van der Waals surface area contributed by atoms with Gasteiger partial charge in [0.15, 0.2) is 0 Å². The van der Waals surface area contributed by atoms with Gasteiger partial charge in [-0.3, -0.25) is 4.79 Å². The minimum Gasteiger partial charge on any atom is -0.480 e. The predicted octanol–water partition coefficient (Wildman–Crippen LogP) is 1.16. The van der Waals surface area contributed by atoms with Gasteiger partial charge >= 0.3 is 5.97 Å². The van der Waals surface area contributed by atoms with Gasteiger partial charge < -0.3 is 14.7 Å². The Morgan fingerprint density at radius 2 is 2.21 bits per heavy atom. The molecule has 1 aromatic rings. The maximum Gasteiger partial charge on any atom is 0.329 e. The summed E-state index contributed by atoms with van der Waals surface area (Å²) < 4.78 is 5.24. The van der Waals surface area contributed by atoms with E-state index in [1.807, 2.05) is 6.92 Å². The lowest BCUT2D eigenvalue weighted by Gasteiger charge is -2.31. The number of aromatic nitrogens is 1. The molecule has 1 fully saturated rings. The third-order valence-electron chi connectivity index (χ3n) is 3.00. The van der Waals surface area contributed by atoms with Gasteiger partial charge in [-0.25, -0.2) is 9.78 Å². The topological polar surface area (TPSA) is 79.7 Å². The number of hydrogen-bond donors (Lipinski definition) is 1. The van der Waals surface area contributed by atoms with Gasteiger partial charge in [-0.05, 0) is 19.8 Å². The number of piperidine rings is 1. The Balaban J connectivity index is 1.83. The summed E-state index contributed by atoms with van der Waals surface area (Å²) in [6.45, 7) is 2.79. The summed E-state index contributed by atoms with van der Waals surface area (Å²) in [4.78, 5) is 29.1. The molecule has 1 saturated heterocycles. The zero-order valence-corrected chi connectivity index (χ0v) is 11.5. The van der Waals surface area contributed by atoms with Crippen molar-refractivity contribution in [3.8, 4) is 0 Å². The van der Waals surface area contributed by atoms with E-state index in [-0.39, 0.29) is 18.6 Å². The molecule has 1 N–H and O–H groups in total. The summed E-state index contributed by atoms with van der Waals surface area (Å²) in [6.07, 6.45) is 2.89. The standard InChI is InChI=1S/C12H16N2O4S/c1-8-13-6-10(19-8)12(17)14-4-2-9(3-5-14)18-7-11(15)16/h6,9H,2-5,7H2,1H3,(H,15,16). The molecular formula is C12H16N2O4S. The number of rotatable bonds is 4. The van der Waals surface area contributed by atoms with Crippen molar-refractivity contribution < 1.29 is 19.4 Å². The van der Waals surface area contributed by atoms with Gasteiger partial charge in [0.05, 0.1) is 17.3 Å². The maximum atomic E-state index is 12.1. The lowest BCUT2D eigenvalue weighted by Crippen LogP contribution is -2.41. The number of ether oxygens (including phenoxy) is 1. The van der Waals surface area contributed by atoms with Crippen LogP contribution in [0.5, 0.6) is 0 Å². The normalized spacial score (nSPS) is 16.6. The maximum absolute atomic E-state index is 12.1. The van der Waals surface area contributed by atoms with E-state index in [2.05, 4.69) is 4.98 Å². The number of carbonyl (C=O) groups excluding carboxylic acids is 1. The molecule has 0 spiro atoms. The number of carboxylic acid groups (broad SMARTS) is 1. The first-order valence-electron chi connectivity index (χ1n) is 6.11. The van der Waals surface area contributed by atoms with Crippen molar-refractivity contribution in [2.45, 2.75) is 25.9 Å². The van der Waals surface area contributed by atoms with Gasteiger partial charge in [0.2, 0.25) is 0 Å². The Labute approximate surface area is 115 Å². The van der Waals surface area contributed by atoms with Gasteiger partial charge in [0.25, 0.3) is 5.91 Å². The van der Waals surface area contributed by atoms with Crippen LogP contribution in [0.4, 0.5) is 0 Å². The summed E-state index contributed by atoms with van der Waals surface area (Å²) in [7, 11) is 0. The number of likely N-dealkylation sites (tertiary alicyclic amines) is 1. The van der Waals surface area contributed by atoms with E-state index in [0.29, 0.717) is 30.8 Å². The number of carboxylic acids is 1. The Kier molecular flexibility index (Phi) is 4.49. The van der Waals surface area contributed by atoms with Gasteiger partial charge in [0, 0.05) is 13.1 Å². The minimum atomic E-state index is -0.960. The largest absolute Gasteiger partial charge is 0.480 e. The average Bonchev–Trinajstić information content (AvgIpc) is 2.83. The molecule has 0 aromatic carbocycles. The molecule has 2 heterocycles. The number of carbonyl (C=O) groups is 2. The third-order valence-corrected chi connectivity index (χ3v) is 3.90. The summed E-state index contributed by atoms with van der Waals surface area (Å²) in [6, 6.07) is 0. The van der Waals surface area contributed by atoms with Crippen LogP contribution in [-0.2, 0) is 9.53 Å². The molecule has 1 aliphatic heterocycles. The van der Waals surface area contributed by atoms with E-state index < -0.39 is 5.97 Å². The van der Waals surface area contributed by atoms with Crippen molar-refractivity contribution in [1.29, 1.82) is 0 Å². The van der Waals surface area contributed by atoms with E-state index in [1.165, 1.54) is 11.3 Å². The van der Waals surface area contributed by atoms with Crippen molar-refractivity contribution in [3.05, 3.63) is 16.1 Å². The Hall–Kier alpha value is -1.47. The highest BCUT2D eigenvalue weighted by atomic mass is 32.1. The van der Waals surface area contributed by atoms with Crippen LogP contribution < -0.4 is 0 Å². The van der Waals surface area contributed by atoms with Crippen LogP contribution in [0.3, 0.4) is 0 Å². The molecule has 0 atom stereocenters. The molecule has 7 heteroatoms. The number of hydrogen-bond acceptors (Lipinski definition) is 5. The predicted molar refractivity (Wildman–Crippen MR) is 69.4 cm³/mol. The second kappa shape index (κ2) is 6.12. The molecule has 0 radical (unpaired) electrons. The molecule has 0 aliphatic carbocycles. The molecule has 1 aliphatic rings. The number of nitrogens with zero attached hydrogens (tertiary/aromatic N) is 2. The SMILES string of the molecule is Cc1ncc(C(=O)N2CCC(OCC(=O)O)CC2)s1. The van der Waals surface area contributed by atoms with Gasteiger partial charge in [-0.2, -0.15) is 0 Å². The summed E-state index contributed by atoms with van der Waals surface area (Å²) in [5.41, 5.74) is 0. The van der Waals surface area contributed by atoms with Gasteiger partial charge in [-0.15, -0.1) is 11.3 Å². The van der Waals surface area contributed by atoms with Crippen LogP contribution in [0.25, 0.3) is 0 Å². The molecule has 1 amide bonds. The zero-order valence-electron chi connectivity index (χ0n) is 10.7. The molecule has 2 rings (SSSR count). The van der Waals surface area contributed by atoms with Crippen LogP contribution in [0, 0.1) is 6.92 Å². The molecule has 6 nitrogen and oxygen atoms in total. The van der Waals surface area contributed by atoms with E-state index in [0.717, 1.165) is 5.01 Å². The lowest BCUT2D eigenvalue weighted by molar-refractivity contribution is -0.145. The quantitative estimate of drug-likeness (QED) is 0.897. The molecule has 19 heavy (non-hydrogen) atoms. The average molecular weight is 284 g/mol. The second-order valence-electron chi connectivity index (χ2n) is 4.44. The monoisotopic (exact) mass is 284 g/mol. The Morgan fingerprint density at radius 3 is 2.74 bits per heavy atom. The van der Waals surface area contributed by atoms with Crippen LogP contribution in [0.15, 0.2) is 6.20 Å². The molecule has 104 valence electrons. The van der Waals surface area contributed by atoms with E-state index in [1.54, 1.807) is 11.1 Å². The second-order valence-corrected chi connectivity index (χ2v) is 5.67. The lowest BCUT2D eigenvalue weighted by atomic mass is 10.1. The van der Waals surface area contributed by atoms with E-state index in [9.17, 15) is 9.59 Å². The van der Waals surface area contributed by atoms with Crippen molar-refractivity contribution in [2.75, 3.05) is 19.7 Å². The Bertz CT molecular complexity index is 466. The van der Waals surface area contributed by atoms with Crippen LogP contribution in [0.1, 0.15) is 27.5 Å². The zero-order chi connectivity index (χ0) is 13.8. The highest BCUT2D eigenvalue weighted by Crippen LogP contribution is 2.19. The molecular weight excluding hydrogens is 268 g/mol. The molecule has 1 aromatic heterocycles. The van der Waals surface area contributed by atoms with E-state index >= 15 is 0 Å². The van der Waals surface area contributed by atoms with Crippen molar-refractivity contribution in [1.82, 2.24) is 9.88 Å². The minimum absolute atomic E-state index is 0.00212. The van der Waals surface area contributed by atoms with Crippen LogP contribution in [-0.4, -0.2) is 52.7 Å². The fraction of sp³-hybridized carbons (Fsp3) is 0.583. The fourth-order valence-electron chi connectivity index (χ4n) is 2.03. The number of amides is 1. The molecule has 0 saturated carbocycles. The number of thiazole rings is 1. The van der Waals surface area contributed by atoms with Crippen molar-refractivity contribution >= 4 is 23.2 Å². The highest BCUT2D eigenvalue weighted by molar-refractivity contribution is 7.13. The molecule has 0 bridgehead atoms. The highest BCUT2D eigenvalue weighted by Gasteiger charge is 2.25. The first-order chi connectivity index (χ1) is 9.06. The smallest absolute Gasteiger partial charge is 0.329 e. The number of aliphatic carboxylic acids is 1. The van der Waals surface area contributed by atoms with Gasteiger partial charge in [0.1, 0.15) is 11.5 Å². The van der Waals surface area contributed by atoms with Crippen LogP contribution in [0.2, 0.25) is 0 Å². The van der Waals surface area contributed by atoms with Crippen molar-refractivity contribution in [2.24, 2.45) is 0 Å². The summed E-state index contributed by atoms with van der Waals surface area (Å²) in [5, 5.41) is 9.42. The third kappa shape index (κ3) is 3.74. The molecule has 0 unspecified atom stereocenters. The summed E-state index contributed by atoms with van der Waals surface area (Å²) >= 11 is 1.39. The van der Waals surface area contributed by atoms with E-state index in [4.69, 9.17) is 9.84 Å². The number of aryl methyl sites for hydroxylation is 1. The fourth-order valence-corrected chi connectivity index (χ4v) is 2.78. The Morgan fingerprint density at radius 1 is 1.53 bits per heavy atom. The van der Waals surface area contributed by atoms with Crippen LogP contribution >= 0.6 is 11.3 Å².